The third-order valence-electron chi connectivity index (χ3n) is 3.64. The maximum atomic E-state index is 12.3. The molecule has 0 bridgehead atoms. The molecule has 0 atom stereocenters. The molecule has 0 fully saturated rings. The van der Waals surface area contributed by atoms with Crippen LogP contribution in [0.5, 0.6) is 11.5 Å². The number of carbonyl (C=O) groups excluding carboxylic acids is 2. The third kappa shape index (κ3) is 5.11. The number of phenols is 1. The van der Waals surface area contributed by atoms with Gasteiger partial charge in [-0.3, -0.25) is 4.79 Å². The quantitative estimate of drug-likeness (QED) is 0.610. The first-order valence-electron chi connectivity index (χ1n) is 8.12. The van der Waals surface area contributed by atoms with Crippen molar-refractivity contribution in [3.05, 3.63) is 60.2 Å². The molecule has 0 saturated carbocycles. The largest absolute Gasteiger partial charge is 0.504 e. The van der Waals surface area contributed by atoms with E-state index in [1.54, 1.807) is 17.0 Å². The Bertz CT molecular complexity index is 786. The Morgan fingerprint density at radius 2 is 1.88 bits per heavy atom. The van der Waals surface area contributed by atoms with E-state index in [1.165, 1.54) is 25.3 Å². The van der Waals surface area contributed by atoms with Crippen LogP contribution in [0.15, 0.2) is 54.6 Å². The van der Waals surface area contributed by atoms with Gasteiger partial charge in [-0.05, 0) is 42.8 Å². The van der Waals surface area contributed by atoms with Crippen molar-refractivity contribution in [1.82, 2.24) is 0 Å². The van der Waals surface area contributed by atoms with Crippen LogP contribution in [-0.4, -0.2) is 37.2 Å². The summed E-state index contributed by atoms with van der Waals surface area (Å²) in [6, 6.07) is 13.9. The van der Waals surface area contributed by atoms with Crippen molar-refractivity contribution in [2.24, 2.45) is 0 Å². The first-order chi connectivity index (χ1) is 12.5. The number of hydrogen-bond donors (Lipinski definition) is 1. The van der Waals surface area contributed by atoms with Crippen molar-refractivity contribution in [2.45, 2.75) is 6.92 Å². The molecular formula is C20H21NO5. The lowest BCUT2D eigenvalue weighted by atomic mass is 10.2. The van der Waals surface area contributed by atoms with Crippen molar-refractivity contribution in [3.8, 4) is 11.5 Å². The van der Waals surface area contributed by atoms with E-state index in [-0.39, 0.29) is 18.3 Å². The Balaban J connectivity index is 1.92. The molecule has 2 aromatic rings. The highest BCUT2D eigenvalue weighted by atomic mass is 16.5. The molecule has 0 unspecified atom stereocenters. The molecule has 0 heterocycles. The smallest absolute Gasteiger partial charge is 0.331 e. The number of para-hydroxylation sites is 1. The predicted octanol–water partition coefficient (Wildman–Crippen LogP) is 3.01. The van der Waals surface area contributed by atoms with E-state index in [9.17, 15) is 14.7 Å². The number of likely N-dealkylation sites (N-methyl/N-ethyl adjacent to an activating group) is 1. The SMILES string of the molecule is CCN(C(=O)COC(=O)C=Cc1ccc(O)c(OC)c1)c1ccccc1. The van der Waals surface area contributed by atoms with E-state index in [1.807, 2.05) is 37.3 Å². The Hall–Kier alpha value is -3.28. The van der Waals surface area contributed by atoms with E-state index < -0.39 is 5.97 Å². The average Bonchev–Trinajstić information content (AvgIpc) is 2.67. The minimum absolute atomic E-state index is 0.0124. The number of nitrogens with zero attached hydrogens (tertiary/aromatic N) is 1. The van der Waals surface area contributed by atoms with Crippen molar-refractivity contribution < 1.29 is 24.2 Å². The normalized spacial score (nSPS) is 10.5. The van der Waals surface area contributed by atoms with Gasteiger partial charge in [0.05, 0.1) is 7.11 Å². The van der Waals surface area contributed by atoms with Crippen molar-refractivity contribution in [2.75, 3.05) is 25.2 Å². The van der Waals surface area contributed by atoms with Crippen molar-refractivity contribution in [1.29, 1.82) is 0 Å². The van der Waals surface area contributed by atoms with Gasteiger partial charge in [0.15, 0.2) is 18.1 Å². The number of amides is 1. The molecule has 0 saturated heterocycles. The fourth-order valence-corrected chi connectivity index (χ4v) is 2.33. The summed E-state index contributed by atoms with van der Waals surface area (Å²) in [5.74, 6) is -0.614. The molecule has 0 aliphatic rings. The Kier molecular flexibility index (Phi) is 6.79. The van der Waals surface area contributed by atoms with Gasteiger partial charge in [-0.1, -0.05) is 24.3 Å². The van der Waals surface area contributed by atoms with E-state index in [0.29, 0.717) is 17.9 Å². The summed E-state index contributed by atoms with van der Waals surface area (Å²) in [5.41, 5.74) is 1.41. The minimum atomic E-state index is -0.630. The van der Waals surface area contributed by atoms with Crippen LogP contribution in [0.4, 0.5) is 5.69 Å². The number of carbonyl (C=O) groups is 2. The molecule has 0 radical (unpaired) electrons. The number of methoxy groups -OCH3 is 1. The number of benzene rings is 2. The lowest BCUT2D eigenvalue weighted by molar-refractivity contribution is -0.142. The second kappa shape index (κ2) is 9.27. The van der Waals surface area contributed by atoms with Gasteiger partial charge in [0.1, 0.15) is 0 Å². The molecule has 2 aromatic carbocycles. The molecule has 0 aromatic heterocycles. The summed E-state index contributed by atoms with van der Waals surface area (Å²) >= 11 is 0. The zero-order valence-corrected chi connectivity index (χ0v) is 14.7. The lowest BCUT2D eigenvalue weighted by Crippen LogP contribution is -2.34. The fraction of sp³-hybridized carbons (Fsp3) is 0.200. The molecule has 0 spiro atoms. The van der Waals surface area contributed by atoms with E-state index in [2.05, 4.69) is 0 Å². The lowest BCUT2D eigenvalue weighted by Gasteiger charge is -2.20. The Morgan fingerprint density at radius 3 is 2.54 bits per heavy atom. The number of ether oxygens (including phenoxy) is 2. The monoisotopic (exact) mass is 355 g/mol. The van der Waals surface area contributed by atoms with Gasteiger partial charge in [0.25, 0.3) is 5.91 Å². The highest BCUT2D eigenvalue weighted by Gasteiger charge is 2.15. The zero-order valence-electron chi connectivity index (χ0n) is 14.7. The Labute approximate surface area is 152 Å². The van der Waals surface area contributed by atoms with E-state index in [4.69, 9.17) is 9.47 Å². The van der Waals surface area contributed by atoms with Crippen molar-refractivity contribution in [3.63, 3.8) is 0 Å². The van der Waals surface area contributed by atoms with Gasteiger partial charge in [0.2, 0.25) is 0 Å². The summed E-state index contributed by atoms with van der Waals surface area (Å²) in [6.45, 7) is 1.99. The maximum absolute atomic E-state index is 12.3. The second-order valence-electron chi connectivity index (χ2n) is 5.35. The van der Waals surface area contributed by atoms with Crippen LogP contribution in [0, 0.1) is 0 Å². The van der Waals surface area contributed by atoms with E-state index in [0.717, 1.165) is 5.69 Å². The molecule has 1 N–H and O–H groups in total. The molecular weight excluding hydrogens is 334 g/mol. The van der Waals surface area contributed by atoms with Crippen LogP contribution in [0.2, 0.25) is 0 Å². The number of anilines is 1. The predicted molar refractivity (Wildman–Crippen MR) is 99.1 cm³/mol. The standard InChI is InChI=1S/C20H21NO5/c1-3-21(16-7-5-4-6-8-16)19(23)14-26-20(24)12-10-15-9-11-17(22)18(13-15)25-2/h4-13,22H,3,14H2,1-2H3. The third-order valence-corrected chi connectivity index (χ3v) is 3.64. The van der Waals surface area contributed by atoms with Crippen LogP contribution in [0.25, 0.3) is 6.08 Å². The summed E-state index contributed by atoms with van der Waals surface area (Å²) < 4.78 is 10.0. The van der Waals surface area contributed by atoms with Gasteiger partial charge < -0.3 is 19.5 Å². The number of esters is 1. The highest BCUT2D eigenvalue weighted by Crippen LogP contribution is 2.26. The highest BCUT2D eigenvalue weighted by molar-refractivity contribution is 5.96. The summed E-state index contributed by atoms with van der Waals surface area (Å²) in [7, 11) is 1.44. The molecule has 2 rings (SSSR count). The van der Waals surface area contributed by atoms with E-state index >= 15 is 0 Å². The number of hydrogen-bond acceptors (Lipinski definition) is 5. The van der Waals surface area contributed by atoms with Gasteiger partial charge in [-0.25, -0.2) is 4.79 Å². The first-order valence-corrected chi connectivity index (χ1v) is 8.12. The van der Waals surface area contributed by atoms with Crippen LogP contribution < -0.4 is 9.64 Å². The van der Waals surface area contributed by atoms with Gasteiger partial charge in [-0.2, -0.15) is 0 Å². The summed E-state index contributed by atoms with van der Waals surface area (Å²) in [6.07, 6.45) is 2.74. The Morgan fingerprint density at radius 1 is 1.15 bits per heavy atom. The second-order valence-corrected chi connectivity index (χ2v) is 5.35. The fourth-order valence-electron chi connectivity index (χ4n) is 2.33. The molecule has 26 heavy (non-hydrogen) atoms. The summed E-state index contributed by atoms with van der Waals surface area (Å²) in [4.78, 5) is 25.6. The number of phenolic OH excluding ortho intramolecular Hbond substituents is 1. The van der Waals surface area contributed by atoms with Crippen LogP contribution in [0.3, 0.4) is 0 Å². The maximum Gasteiger partial charge on any atom is 0.331 e. The number of rotatable bonds is 7. The molecule has 136 valence electrons. The minimum Gasteiger partial charge on any atom is -0.504 e. The van der Waals surface area contributed by atoms with Crippen LogP contribution in [-0.2, 0) is 14.3 Å². The van der Waals surface area contributed by atoms with Crippen LogP contribution in [0.1, 0.15) is 12.5 Å². The van der Waals surface area contributed by atoms with Gasteiger partial charge in [-0.15, -0.1) is 0 Å². The van der Waals surface area contributed by atoms with Crippen molar-refractivity contribution >= 4 is 23.6 Å². The average molecular weight is 355 g/mol. The molecule has 1 amide bonds. The topological polar surface area (TPSA) is 76.1 Å². The zero-order chi connectivity index (χ0) is 18.9. The molecule has 6 heteroatoms. The molecule has 0 aliphatic heterocycles. The number of aromatic hydroxyl groups is 1. The van der Waals surface area contributed by atoms with Gasteiger partial charge in [0, 0.05) is 18.3 Å². The first kappa shape index (κ1) is 19.1. The summed E-state index contributed by atoms with van der Waals surface area (Å²) in [5, 5.41) is 9.54. The van der Waals surface area contributed by atoms with Gasteiger partial charge >= 0.3 is 5.97 Å². The molecule has 0 aliphatic carbocycles. The molecule has 6 nitrogen and oxygen atoms in total. The van der Waals surface area contributed by atoms with Crippen LogP contribution >= 0.6 is 0 Å².